The Hall–Kier alpha value is -0.810. The molecule has 0 atom stereocenters. The molecule has 5 nitrogen and oxygen atoms in total. The molecule has 0 heterocycles. The van der Waals surface area contributed by atoms with Crippen LogP contribution in [0.3, 0.4) is 0 Å². The second-order valence-corrected chi connectivity index (χ2v) is 8.95. The Kier molecular flexibility index (Phi) is 10.3. The van der Waals surface area contributed by atoms with E-state index >= 15 is 0 Å². The Bertz CT molecular complexity index is 497. The number of aliphatic imine (C=N–C) groups is 1. The van der Waals surface area contributed by atoms with Gasteiger partial charge in [0, 0.05) is 11.4 Å². The van der Waals surface area contributed by atoms with Crippen molar-refractivity contribution in [3.63, 3.8) is 0 Å². The van der Waals surface area contributed by atoms with Crippen LogP contribution < -0.4 is 5.73 Å². The summed E-state index contributed by atoms with van der Waals surface area (Å²) in [5.41, 5.74) is 6.94. The van der Waals surface area contributed by atoms with E-state index in [0.717, 1.165) is 42.6 Å². The van der Waals surface area contributed by atoms with Crippen molar-refractivity contribution in [3.8, 4) is 0 Å². The maximum atomic E-state index is 12.7. The first kappa shape index (κ1) is 20.2. The summed E-state index contributed by atoms with van der Waals surface area (Å²) < 4.78 is 23.7. The topological polar surface area (TPSA) is 73.9 Å². The molecule has 2 N–H and O–H groups in total. The summed E-state index contributed by atoms with van der Waals surface area (Å²) in [6.07, 6.45) is 3.61. The fourth-order valence-corrected chi connectivity index (χ4v) is 4.49. The molecule has 0 amide bonds. The molecule has 0 bridgehead atoms. The summed E-state index contributed by atoms with van der Waals surface area (Å²) in [6.45, 7) is 2.06. The van der Waals surface area contributed by atoms with E-state index in [1.807, 2.05) is 30.3 Å². The summed E-state index contributed by atoms with van der Waals surface area (Å²) in [5.74, 6) is 0. The Morgan fingerprint density at radius 2 is 1.70 bits per heavy atom. The van der Waals surface area contributed by atoms with Gasteiger partial charge in [-0.1, -0.05) is 57.0 Å². The van der Waals surface area contributed by atoms with Gasteiger partial charge in [0.1, 0.15) is 0 Å². The molecular formula is C16H27N2O3PS. The molecule has 0 radical (unpaired) electrons. The van der Waals surface area contributed by atoms with Crippen LogP contribution in [0.1, 0.15) is 45.1 Å². The summed E-state index contributed by atoms with van der Waals surface area (Å²) >= 11 is 0.906. The lowest BCUT2D eigenvalue weighted by Gasteiger charge is -2.17. The Balaban J connectivity index is 2.60. The SMILES string of the molecule is CCCCOP(=O)(OCCCC)SC(N)=NCc1ccccc1. The van der Waals surface area contributed by atoms with Gasteiger partial charge in [0.25, 0.3) is 0 Å². The molecule has 7 heteroatoms. The average Bonchev–Trinajstić information content (AvgIpc) is 2.54. The number of nitrogens with zero attached hydrogens (tertiary/aromatic N) is 1. The van der Waals surface area contributed by atoms with Gasteiger partial charge in [-0.3, -0.25) is 4.99 Å². The normalized spacial score (nSPS) is 12.5. The van der Waals surface area contributed by atoms with Gasteiger partial charge < -0.3 is 14.8 Å². The third-order valence-corrected chi connectivity index (χ3v) is 6.36. The number of amidine groups is 1. The summed E-state index contributed by atoms with van der Waals surface area (Å²) in [7, 11) is 0. The molecular weight excluding hydrogens is 331 g/mol. The molecule has 0 aliphatic rings. The van der Waals surface area contributed by atoms with Crippen molar-refractivity contribution >= 4 is 23.3 Å². The molecule has 23 heavy (non-hydrogen) atoms. The zero-order valence-electron chi connectivity index (χ0n) is 13.9. The number of hydrogen-bond acceptors (Lipinski definition) is 5. The predicted molar refractivity (Wildman–Crippen MR) is 98.7 cm³/mol. The highest BCUT2D eigenvalue weighted by Crippen LogP contribution is 2.60. The van der Waals surface area contributed by atoms with E-state index in [2.05, 4.69) is 18.8 Å². The summed E-state index contributed by atoms with van der Waals surface area (Å²) in [5, 5.41) is 0.227. The van der Waals surface area contributed by atoms with Crippen molar-refractivity contribution < 1.29 is 13.6 Å². The lowest BCUT2D eigenvalue weighted by molar-refractivity contribution is 0.215. The molecule has 0 aliphatic carbocycles. The molecule has 0 spiro atoms. The fourth-order valence-electron chi connectivity index (χ4n) is 1.63. The second kappa shape index (κ2) is 11.7. The van der Waals surface area contributed by atoms with Crippen LogP contribution in [-0.2, 0) is 20.2 Å². The van der Waals surface area contributed by atoms with Crippen LogP contribution in [0.5, 0.6) is 0 Å². The highest BCUT2D eigenvalue weighted by molar-refractivity contribution is 8.62. The predicted octanol–water partition coefficient (Wildman–Crippen LogP) is 4.98. The summed E-state index contributed by atoms with van der Waals surface area (Å²) in [4.78, 5) is 4.26. The van der Waals surface area contributed by atoms with Gasteiger partial charge in [0.15, 0.2) is 5.17 Å². The van der Waals surface area contributed by atoms with Crippen LogP contribution in [0.4, 0.5) is 0 Å². The second-order valence-electron chi connectivity index (χ2n) is 5.05. The quantitative estimate of drug-likeness (QED) is 0.261. The fraction of sp³-hybridized carbons (Fsp3) is 0.562. The van der Waals surface area contributed by atoms with Gasteiger partial charge in [-0.05, 0) is 18.4 Å². The lowest BCUT2D eigenvalue weighted by atomic mass is 10.2. The molecule has 0 unspecified atom stereocenters. The van der Waals surface area contributed by atoms with E-state index in [0.29, 0.717) is 19.8 Å². The standard InChI is InChI=1S/C16H27N2O3PS/c1-3-5-12-20-22(19,21-13-6-4-2)23-16(17)18-14-15-10-8-7-9-11-15/h7-11H,3-6,12-14H2,1-2H3,(H2,17,18). The molecule has 0 saturated heterocycles. The van der Waals surface area contributed by atoms with Crippen molar-refractivity contribution in [1.29, 1.82) is 0 Å². The van der Waals surface area contributed by atoms with E-state index in [-0.39, 0.29) is 5.17 Å². The molecule has 1 aromatic rings. The zero-order valence-corrected chi connectivity index (χ0v) is 15.7. The first-order valence-corrected chi connectivity index (χ1v) is 11.0. The van der Waals surface area contributed by atoms with Crippen LogP contribution in [0.15, 0.2) is 35.3 Å². The number of unbranched alkanes of at least 4 members (excludes halogenated alkanes) is 2. The first-order valence-electron chi connectivity index (χ1n) is 8.02. The maximum Gasteiger partial charge on any atom is 0.396 e. The number of benzene rings is 1. The highest BCUT2D eigenvalue weighted by Gasteiger charge is 2.27. The van der Waals surface area contributed by atoms with Gasteiger partial charge in [-0.2, -0.15) is 0 Å². The average molecular weight is 358 g/mol. The molecule has 130 valence electrons. The minimum Gasteiger partial charge on any atom is -0.378 e. The van der Waals surface area contributed by atoms with Crippen LogP contribution >= 0.6 is 18.2 Å². The van der Waals surface area contributed by atoms with E-state index in [1.54, 1.807) is 0 Å². The largest absolute Gasteiger partial charge is 0.396 e. The van der Waals surface area contributed by atoms with E-state index < -0.39 is 6.80 Å². The van der Waals surface area contributed by atoms with Crippen LogP contribution in [0.25, 0.3) is 0 Å². The van der Waals surface area contributed by atoms with Gasteiger partial charge in [0.05, 0.1) is 19.8 Å². The van der Waals surface area contributed by atoms with Crippen molar-refractivity contribution in [3.05, 3.63) is 35.9 Å². The highest BCUT2D eigenvalue weighted by atomic mass is 32.7. The smallest absolute Gasteiger partial charge is 0.378 e. The zero-order chi connectivity index (χ0) is 17.0. The third kappa shape index (κ3) is 9.16. The minimum atomic E-state index is -3.30. The molecule has 0 aliphatic heterocycles. The van der Waals surface area contributed by atoms with Crippen molar-refractivity contribution in [2.75, 3.05) is 13.2 Å². The molecule has 0 fully saturated rings. The Morgan fingerprint density at radius 1 is 1.13 bits per heavy atom. The first-order chi connectivity index (χ1) is 11.1. The van der Waals surface area contributed by atoms with E-state index in [4.69, 9.17) is 14.8 Å². The van der Waals surface area contributed by atoms with Gasteiger partial charge >= 0.3 is 6.80 Å². The number of nitrogens with two attached hydrogens (primary N) is 1. The Labute approximate surface area is 143 Å². The minimum absolute atomic E-state index is 0.227. The maximum absolute atomic E-state index is 12.7. The van der Waals surface area contributed by atoms with E-state index in [1.165, 1.54) is 0 Å². The van der Waals surface area contributed by atoms with Gasteiger partial charge in [0.2, 0.25) is 0 Å². The van der Waals surface area contributed by atoms with E-state index in [9.17, 15) is 4.57 Å². The third-order valence-electron chi connectivity index (χ3n) is 2.96. The monoisotopic (exact) mass is 358 g/mol. The van der Waals surface area contributed by atoms with Crippen molar-refractivity contribution in [1.82, 2.24) is 0 Å². The van der Waals surface area contributed by atoms with Crippen molar-refractivity contribution in [2.45, 2.75) is 46.1 Å². The number of hydrogen-bond donors (Lipinski definition) is 1. The number of rotatable bonds is 11. The Morgan fingerprint density at radius 3 is 2.22 bits per heavy atom. The van der Waals surface area contributed by atoms with Crippen LogP contribution in [0, 0.1) is 0 Å². The van der Waals surface area contributed by atoms with Crippen molar-refractivity contribution in [2.24, 2.45) is 10.7 Å². The molecule has 1 rings (SSSR count). The lowest BCUT2D eigenvalue weighted by Crippen LogP contribution is -2.09. The summed E-state index contributed by atoms with van der Waals surface area (Å²) in [6, 6.07) is 9.78. The van der Waals surface area contributed by atoms with Crippen LogP contribution in [-0.4, -0.2) is 18.4 Å². The molecule has 0 aromatic heterocycles. The molecule has 1 aromatic carbocycles. The van der Waals surface area contributed by atoms with Crippen LogP contribution in [0.2, 0.25) is 0 Å². The van der Waals surface area contributed by atoms with Gasteiger partial charge in [-0.15, -0.1) is 0 Å². The van der Waals surface area contributed by atoms with Gasteiger partial charge in [-0.25, -0.2) is 4.57 Å². The molecule has 0 saturated carbocycles.